The minimum absolute atomic E-state index is 0.202. The molecular weight excluding hydrogens is 482 g/mol. The molecule has 0 aliphatic carbocycles. The number of nitrogens with zero attached hydrogens (tertiary/aromatic N) is 1. The first-order chi connectivity index (χ1) is 18.7. The molecule has 0 aliphatic rings. The number of methoxy groups -OCH3 is 1. The van der Waals surface area contributed by atoms with Gasteiger partial charge in [0.1, 0.15) is 19.0 Å². The highest BCUT2D eigenvalue weighted by molar-refractivity contribution is 5.94. The van der Waals surface area contributed by atoms with Crippen molar-refractivity contribution in [3.05, 3.63) is 107 Å². The van der Waals surface area contributed by atoms with Gasteiger partial charge in [-0.15, -0.1) is 0 Å². The quantitative estimate of drug-likeness (QED) is 0.193. The number of rotatable bonds is 13. The van der Waals surface area contributed by atoms with E-state index in [0.29, 0.717) is 29.5 Å². The molecule has 4 rings (SSSR count). The summed E-state index contributed by atoms with van der Waals surface area (Å²) in [6.07, 6.45) is 0. The van der Waals surface area contributed by atoms with E-state index in [1.807, 2.05) is 91.9 Å². The van der Waals surface area contributed by atoms with Gasteiger partial charge in [0.05, 0.1) is 26.0 Å². The van der Waals surface area contributed by atoms with Crippen LogP contribution in [0, 0.1) is 0 Å². The Bertz CT molecular complexity index is 1300. The molecule has 0 atom stereocenters. The van der Waals surface area contributed by atoms with Crippen LogP contribution in [-0.2, 0) is 29.3 Å². The molecule has 1 aromatic heterocycles. The van der Waals surface area contributed by atoms with Crippen molar-refractivity contribution in [1.82, 2.24) is 4.57 Å². The molecule has 38 heavy (non-hydrogen) atoms. The third-order valence-electron chi connectivity index (χ3n) is 5.87. The molecule has 0 N–H and O–H groups in total. The minimum atomic E-state index is -0.515. The smallest absolute Gasteiger partial charge is 0.359 e. The van der Waals surface area contributed by atoms with Crippen molar-refractivity contribution in [3.63, 3.8) is 0 Å². The van der Waals surface area contributed by atoms with E-state index in [9.17, 15) is 4.79 Å². The zero-order chi connectivity index (χ0) is 26.7. The number of benzene rings is 3. The maximum Gasteiger partial charge on any atom is 0.359 e. The molecule has 0 saturated carbocycles. The van der Waals surface area contributed by atoms with Crippen molar-refractivity contribution < 1.29 is 28.5 Å². The molecule has 7 nitrogen and oxygen atoms in total. The van der Waals surface area contributed by atoms with Crippen LogP contribution in [0.25, 0.3) is 5.69 Å². The first kappa shape index (κ1) is 26.8. The molecule has 0 spiro atoms. The second-order valence-corrected chi connectivity index (χ2v) is 8.39. The van der Waals surface area contributed by atoms with Crippen LogP contribution in [-0.4, -0.2) is 30.9 Å². The topological polar surface area (TPSA) is 68.2 Å². The van der Waals surface area contributed by atoms with Crippen molar-refractivity contribution in [2.45, 2.75) is 33.7 Å². The SMILES string of the molecule is CCOCc1c(OCc2ccccc2)c(OCc2ccccc2)c(C(=O)OCC)n1-c1ccc(OC)cc1. The maximum absolute atomic E-state index is 13.5. The summed E-state index contributed by atoms with van der Waals surface area (Å²) in [5, 5.41) is 0. The molecular formula is C31H33NO6. The number of carbonyl (C=O) groups excluding carboxylic acids is 1. The van der Waals surface area contributed by atoms with Crippen LogP contribution >= 0.6 is 0 Å². The highest BCUT2D eigenvalue weighted by Crippen LogP contribution is 2.42. The van der Waals surface area contributed by atoms with Gasteiger partial charge in [-0.25, -0.2) is 4.79 Å². The van der Waals surface area contributed by atoms with E-state index < -0.39 is 5.97 Å². The first-order valence-electron chi connectivity index (χ1n) is 12.7. The van der Waals surface area contributed by atoms with Crippen LogP contribution in [0.4, 0.5) is 0 Å². The summed E-state index contributed by atoms with van der Waals surface area (Å²) in [6, 6.07) is 27.0. The molecule has 3 aromatic carbocycles. The number of carbonyl (C=O) groups is 1. The van der Waals surface area contributed by atoms with Crippen LogP contribution in [0.5, 0.6) is 17.2 Å². The Kier molecular flexibility index (Phi) is 9.43. The van der Waals surface area contributed by atoms with Crippen molar-refractivity contribution in [1.29, 1.82) is 0 Å². The number of esters is 1. The van der Waals surface area contributed by atoms with E-state index in [1.165, 1.54) is 0 Å². The number of hydrogen-bond acceptors (Lipinski definition) is 6. The lowest BCUT2D eigenvalue weighted by Gasteiger charge is -2.14. The largest absolute Gasteiger partial charge is 0.497 e. The van der Waals surface area contributed by atoms with Gasteiger partial charge in [-0.1, -0.05) is 60.7 Å². The minimum Gasteiger partial charge on any atom is -0.497 e. The van der Waals surface area contributed by atoms with Crippen LogP contribution in [0.1, 0.15) is 41.2 Å². The van der Waals surface area contributed by atoms with Crippen LogP contribution in [0.15, 0.2) is 84.9 Å². The summed E-state index contributed by atoms with van der Waals surface area (Å²) >= 11 is 0. The molecule has 7 heteroatoms. The van der Waals surface area contributed by atoms with Crippen LogP contribution in [0.3, 0.4) is 0 Å². The molecule has 0 fully saturated rings. The Labute approximate surface area is 223 Å². The standard InChI is InChI=1S/C31H33NO6/c1-4-35-22-27-29(37-20-23-12-8-6-9-13-23)30(38-21-24-14-10-7-11-15-24)28(31(33)36-5-2)32(27)25-16-18-26(34-3)19-17-25/h6-19H,4-5,20-22H2,1-3H3. The van der Waals surface area contributed by atoms with Gasteiger partial charge in [0, 0.05) is 12.3 Å². The maximum atomic E-state index is 13.5. The van der Waals surface area contributed by atoms with Crippen molar-refractivity contribution in [2.24, 2.45) is 0 Å². The summed E-state index contributed by atoms with van der Waals surface area (Å²) in [5.41, 5.74) is 3.56. The normalized spacial score (nSPS) is 10.7. The number of ether oxygens (including phenoxy) is 5. The molecule has 0 aliphatic heterocycles. The fraction of sp³-hybridized carbons (Fsp3) is 0.258. The Morgan fingerprint density at radius 3 is 1.82 bits per heavy atom. The average Bonchev–Trinajstić information content (AvgIpc) is 3.28. The van der Waals surface area contributed by atoms with Gasteiger partial charge in [-0.3, -0.25) is 4.57 Å². The molecule has 0 unspecified atom stereocenters. The molecule has 0 radical (unpaired) electrons. The molecule has 0 amide bonds. The highest BCUT2D eigenvalue weighted by atomic mass is 16.5. The second-order valence-electron chi connectivity index (χ2n) is 8.39. The fourth-order valence-electron chi connectivity index (χ4n) is 4.05. The van der Waals surface area contributed by atoms with Crippen LogP contribution < -0.4 is 14.2 Å². The van der Waals surface area contributed by atoms with Gasteiger partial charge >= 0.3 is 5.97 Å². The Balaban J connectivity index is 1.88. The zero-order valence-electron chi connectivity index (χ0n) is 22.0. The summed E-state index contributed by atoms with van der Waals surface area (Å²) in [7, 11) is 1.61. The van der Waals surface area contributed by atoms with E-state index in [1.54, 1.807) is 18.6 Å². The average molecular weight is 516 g/mol. The van der Waals surface area contributed by atoms with E-state index >= 15 is 0 Å². The van der Waals surface area contributed by atoms with Gasteiger partial charge < -0.3 is 23.7 Å². The molecule has 0 saturated heterocycles. The van der Waals surface area contributed by atoms with Gasteiger partial charge in [0.15, 0.2) is 17.2 Å². The lowest BCUT2D eigenvalue weighted by Crippen LogP contribution is -2.14. The van der Waals surface area contributed by atoms with Gasteiger partial charge in [-0.05, 0) is 49.2 Å². The zero-order valence-corrected chi connectivity index (χ0v) is 22.0. The monoisotopic (exact) mass is 515 g/mol. The highest BCUT2D eigenvalue weighted by Gasteiger charge is 2.32. The third kappa shape index (κ3) is 6.36. The first-order valence-corrected chi connectivity index (χ1v) is 12.7. The van der Waals surface area contributed by atoms with Crippen LogP contribution in [0.2, 0.25) is 0 Å². The summed E-state index contributed by atoms with van der Waals surface area (Å²) < 4.78 is 31.3. The van der Waals surface area contributed by atoms with E-state index in [4.69, 9.17) is 23.7 Å². The summed E-state index contributed by atoms with van der Waals surface area (Å²) in [6.45, 7) is 5.13. The van der Waals surface area contributed by atoms with E-state index in [-0.39, 0.29) is 32.1 Å². The van der Waals surface area contributed by atoms with Crippen molar-refractivity contribution in [3.8, 4) is 22.9 Å². The molecule has 198 valence electrons. The van der Waals surface area contributed by atoms with Crippen molar-refractivity contribution in [2.75, 3.05) is 20.3 Å². The summed E-state index contributed by atoms with van der Waals surface area (Å²) in [4.78, 5) is 13.5. The van der Waals surface area contributed by atoms with Crippen molar-refractivity contribution >= 4 is 5.97 Å². The number of aromatic nitrogens is 1. The van der Waals surface area contributed by atoms with Gasteiger partial charge in [-0.2, -0.15) is 0 Å². The van der Waals surface area contributed by atoms with E-state index in [0.717, 1.165) is 16.8 Å². The predicted octanol–water partition coefficient (Wildman–Crippen LogP) is 6.36. The lowest BCUT2D eigenvalue weighted by atomic mass is 10.2. The molecule has 4 aromatic rings. The lowest BCUT2D eigenvalue weighted by molar-refractivity contribution is 0.0510. The summed E-state index contributed by atoms with van der Waals surface area (Å²) in [5.74, 6) is 0.940. The van der Waals surface area contributed by atoms with Gasteiger partial charge in [0.25, 0.3) is 0 Å². The second kappa shape index (κ2) is 13.4. The Hall–Kier alpha value is -4.23. The molecule has 0 bridgehead atoms. The van der Waals surface area contributed by atoms with Gasteiger partial charge in [0.2, 0.25) is 0 Å². The number of hydrogen-bond donors (Lipinski definition) is 0. The third-order valence-corrected chi connectivity index (χ3v) is 5.87. The predicted molar refractivity (Wildman–Crippen MR) is 145 cm³/mol. The van der Waals surface area contributed by atoms with E-state index in [2.05, 4.69) is 0 Å². The molecule has 1 heterocycles. The Morgan fingerprint density at radius 2 is 1.29 bits per heavy atom. The fourth-order valence-corrected chi connectivity index (χ4v) is 4.05. The Morgan fingerprint density at radius 1 is 0.711 bits per heavy atom.